The molecule has 6 heteroatoms. The Morgan fingerprint density at radius 2 is 1.90 bits per heavy atom. The summed E-state index contributed by atoms with van der Waals surface area (Å²) in [7, 11) is 0. The van der Waals surface area contributed by atoms with E-state index in [0.717, 1.165) is 60.0 Å². The Morgan fingerprint density at radius 3 is 2.67 bits per heavy atom. The fourth-order valence-corrected chi connectivity index (χ4v) is 4.20. The van der Waals surface area contributed by atoms with E-state index in [1.54, 1.807) is 0 Å². The van der Waals surface area contributed by atoms with Crippen molar-refractivity contribution >= 4 is 11.6 Å². The van der Waals surface area contributed by atoms with Gasteiger partial charge in [0.05, 0.1) is 5.69 Å². The SMILES string of the molecule is CCCN(CCC)C(=O)CC(c1ccc2c(c1)OCO2)c1cnc2cccc(C)n12. The van der Waals surface area contributed by atoms with Crippen molar-refractivity contribution in [3.8, 4) is 11.5 Å². The van der Waals surface area contributed by atoms with Crippen molar-refractivity contribution in [3.63, 3.8) is 0 Å². The second-order valence-electron chi connectivity index (χ2n) is 7.79. The summed E-state index contributed by atoms with van der Waals surface area (Å²) in [4.78, 5) is 19.9. The zero-order chi connectivity index (χ0) is 21.1. The average Bonchev–Trinajstić information content (AvgIpc) is 3.39. The number of aryl methyl sites for hydroxylation is 1. The lowest BCUT2D eigenvalue weighted by molar-refractivity contribution is -0.131. The number of carbonyl (C=O) groups excluding carboxylic acids is 1. The topological polar surface area (TPSA) is 56.1 Å². The highest BCUT2D eigenvalue weighted by Crippen LogP contribution is 2.38. The maximum absolute atomic E-state index is 13.3. The van der Waals surface area contributed by atoms with Crippen molar-refractivity contribution in [2.24, 2.45) is 0 Å². The number of imidazole rings is 1. The molecule has 0 spiro atoms. The van der Waals surface area contributed by atoms with Gasteiger partial charge in [-0.3, -0.25) is 4.79 Å². The smallest absolute Gasteiger partial charge is 0.231 e. The minimum absolute atomic E-state index is 0.126. The summed E-state index contributed by atoms with van der Waals surface area (Å²) in [6, 6.07) is 12.0. The molecule has 3 aromatic rings. The van der Waals surface area contributed by atoms with E-state index in [2.05, 4.69) is 36.2 Å². The lowest BCUT2D eigenvalue weighted by Crippen LogP contribution is -2.33. The molecule has 0 aliphatic carbocycles. The van der Waals surface area contributed by atoms with Crippen LogP contribution in [0.4, 0.5) is 0 Å². The van der Waals surface area contributed by atoms with Crippen molar-refractivity contribution in [1.82, 2.24) is 14.3 Å². The van der Waals surface area contributed by atoms with Crippen LogP contribution in [-0.4, -0.2) is 40.1 Å². The number of ether oxygens (including phenoxy) is 2. The van der Waals surface area contributed by atoms with Gasteiger partial charge in [0.25, 0.3) is 0 Å². The lowest BCUT2D eigenvalue weighted by atomic mass is 9.91. The van der Waals surface area contributed by atoms with Crippen molar-refractivity contribution in [3.05, 3.63) is 59.5 Å². The van der Waals surface area contributed by atoms with Gasteiger partial charge >= 0.3 is 0 Å². The highest BCUT2D eigenvalue weighted by atomic mass is 16.7. The number of amides is 1. The van der Waals surface area contributed by atoms with E-state index in [1.807, 2.05) is 41.4 Å². The summed E-state index contributed by atoms with van der Waals surface area (Å²) in [6.45, 7) is 8.09. The van der Waals surface area contributed by atoms with Crippen LogP contribution in [-0.2, 0) is 4.79 Å². The van der Waals surface area contributed by atoms with Gasteiger partial charge in [-0.15, -0.1) is 0 Å². The molecule has 1 aliphatic heterocycles. The average molecular weight is 408 g/mol. The molecule has 1 aromatic carbocycles. The zero-order valence-corrected chi connectivity index (χ0v) is 17.9. The molecule has 158 valence electrons. The summed E-state index contributed by atoms with van der Waals surface area (Å²) in [5, 5.41) is 0. The summed E-state index contributed by atoms with van der Waals surface area (Å²) in [5.41, 5.74) is 4.04. The molecular weight excluding hydrogens is 378 g/mol. The van der Waals surface area contributed by atoms with Gasteiger partial charge in [0.1, 0.15) is 5.65 Å². The third kappa shape index (κ3) is 3.86. The Bertz CT molecular complexity index is 1040. The molecule has 0 saturated heterocycles. The number of carbonyl (C=O) groups is 1. The van der Waals surface area contributed by atoms with E-state index >= 15 is 0 Å². The minimum atomic E-state index is -0.126. The van der Waals surface area contributed by atoms with Gasteiger partial charge in [-0.25, -0.2) is 4.98 Å². The normalized spacial score (nSPS) is 13.6. The van der Waals surface area contributed by atoms with Crippen molar-refractivity contribution < 1.29 is 14.3 Å². The Kier molecular flexibility index (Phi) is 5.93. The Hall–Kier alpha value is -3.02. The number of aromatic nitrogens is 2. The van der Waals surface area contributed by atoms with Crippen LogP contribution in [0.3, 0.4) is 0 Å². The summed E-state index contributed by atoms with van der Waals surface area (Å²) >= 11 is 0. The number of hydrogen-bond donors (Lipinski definition) is 0. The largest absolute Gasteiger partial charge is 0.454 e. The molecule has 0 N–H and O–H groups in total. The molecular formula is C24H29N3O3. The molecule has 1 amide bonds. The predicted octanol–water partition coefficient (Wildman–Crippen LogP) is 4.54. The van der Waals surface area contributed by atoms with Gasteiger partial charge in [-0.2, -0.15) is 0 Å². The molecule has 4 rings (SSSR count). The van der Waals surface area contributed by atoms with Crippen LogP contribution in [0, 0.1) is 6.92 Å². The quantitative estimate of drug-likeness (QED) is 0.550. The first-order valence-electron chi connectivity index (χ1n) is 10.7. The summed E-state index contributed by atoms with van der Waals surface area (Å²) < 4.78 is 13.2. The summed E-state index contributed by atoms with van der Waals surface area (Å²) in [6.07, 6.45) is 4.20. The van der Waals surface area contributed by atoms with Gasteiger partial charge in [-0.05, 0) is 49.6 Å². The second-order valence-corrected chi connectivity index (χ2v) is 7.79. The fourth-order valence-electron chi connectivity index (χ4n) is 4.20. The Morgan fingerprint density at radius 1 is 1.13 bits per heavy atom. The van der Waals surface area contributed by atoms with Crippen LogP contribution in [0.15, 0.2) is 42.6 Å². The fraction of sp³-hybridized carbons (Fsp3) is 0.417. The van der Waals surface area contributed by atoms with Crippen LogP contribution in [0.25, 0.3) is 5.65 Å². The third-order valence-corrected chi connectivity index (χ3v) is 5.63. The third-order valence-electron chi connectivity index (χ3n) is 5.63. The molecule has 1 aliphatic rings. The lowest BCUT2D eigenvalue weighted by Gasteiger charge is -2.25. The van der Waals surface area contributed by atoms with E-state index in [-0.39, 0.29) is 18.6 Å². The summed E-state index contributed by atoms with van der Waals surface area (Å²) in [5.74, 6) is 1.52. The number of pyridine rings is 1. The molecule has 30 heavy (non-hydrogen) atoms. The van der Waals surface area contributed by atoms with Gasteiger partial charge in [-0.1, -0.05) is 26.0 Å². The zero-order valence-electron chi connectivity index (χ0n) is 17.9. The maximum atomic E-state index is 13.3. The van der Waals surface area contributed by atoms with Crippen LogP contribution >= 0.6 is 0 Å². The number of rotatable bonds is 8. The Labute approximate surface area is 177 Å². The van der Waals surface area contributed by atoms with Gasteiger partial charge in [0.2, 0.25) is 12.7 Å². The molecule has 0 radical (unpaired) electrons. The molecule has 0 fully saturated rings. The number of nitrogens with zero attached hydrogens (tertiary/aromatic N) is 3. The highest BCUT2D eigenvalue weighted by Gasteiger charge is 2.26. The van der Waals surface area contributed by atoms with Crippen LogP contribution in [0.5, 0.6) is 11.5 Å². The molecule has 2 aromatic heterocycles. The highest BCUT2D eigenvalue weighted by molar-refractivity contribution is 5.78. The molecule has 6 nitrogen and oxygen atoms in total. The molecule has 0 saturated carbocycles. The first-order valence-corrected chi connectivity index (χ1v) is 10.7. The van der Waals surface area contributed by atoms with Gasteiger partial charge < -0.3 is 18.8 Å². The molecule has 1 atom stereocenters. The van der Waals surface area contributed by atoms with E-state index in [0.29, 0.717) is 6.42 Å². The molecule has 1 unspecified atom stereocenters. The predicted molar refractivity (Wildman–Crippen MR) is 116 cm³/mol. The van der Waals surface area contributed by atoms with E-state index in [4.69, 9.17) is 9.47 Å². The Balaban J connectivity index is 1.76. The van der Waals surface area contributed by atoms with Crippen LogP contribution in [0.1, 0.15) is 56.0 Å². The standard InChI is InChI=1S/C24H29N3O3/c1-4-11-26(12-5-2)24(28)14-19(18-9-10-21-22(13-18)30-16-29-21)20-15-25-23-8-6-7-17(3)27(20)23/h6-10,13,15,19H,4-5,11-12,14,16H2,1-3H3. The van der Waals surface area contributed by atoms with Gasteiger partial charge in [0, 0.05) is 37.3 Å². The number of fused-ring (bicyclic) bond motifs is 2. The molecule has 3 heterocycles. The van der Waals surface area contributed by atoms with E-state index in [1.165, 1.54) is 0 Å². The van der Waals surface area contributed by atoms with Crippen LogP contribution < -0.4 is 9.47 Å². The monoisotopic (exact) mass is 407 g/mol. The van der Waals surface area contributed by atoms with Gasteiger partial charge in [0.15, 0.2) is 11.5 Å². The van der Waals surface area contributed by atoms with Crippen molar-refractivity contribution in [2.45, 2.75) is 46.0 Å². The van der Waals surface area contributed by atoms with E-state index in [9.17, 15) is 4.79 Å². The number of hydrogen-bond acceptors (Lipinski definition) is 4. The maximum Gasteiger partial charge on any atom is 0.231 e. The van der Waals surface area contributed by atoms with Crippen molar-refractivity contribution in [1.29, 1.82) is 0 Å². The van der Waals surface area contributed by atoms with Crippen LogP contribution in [0.2, 0.25) is 0 Å². The van der Waals surface area contributed by atoms with E-state index < -0.39 is 0 Å². The first-order chi connectivity index (χ1) is 14.6. The number of benzene rings is 1. The first kappa shape index (κ1) is 20.3. The minimum Gasteiger partial charge on any atom is -0.454 e. The second kappa shape index (κ2) is 8.78. The van der Waals surface area contributed by atoms with Crippen molar-refractivity contribution in [2.75, 3.05) is 19.9 Å². The molecule has 0 bridgehead atoms.